The van der Waals surface area contributed by atoms with Gasteiger partial charge in [-0.3, -0.25) is 9.69 Å². The van der Waals surface area contributed by atoms with Gasteiger partial charge in [-0.1, -0.05) is 37.5 Å². The molecule has 1 aromatic carbocycles. The Morgan fingerprint density at radius 1 is 1.04 bits per heavy atom. The number of halogens is 3. The van der Waals surface area contributed by atoms with Crippen molar-refractivity contribution >= 4 is 5.91 Å². The van der Waals surface area contributed by atoms with E-state index in [1.165, 1.54) is 18.6 Å². The molecule has 0 spiro atoms. The Bertz CT molecular complexity index is 589. The van der Waals surface area contributed by atoms with Crippen LogP contribution in [0.15, 0.2) is 24.3 Å². The van der Waals surface area contributed by atoms with Crippen molar-refractivity contribution in [1.82, 2.24) is 9.80 Å². The summed E-state index contributed by atoms with van der Waals surface area (Å²) in [6.07, 6.45) is 1.22. The van der Waals surface area contributed by atoms with E-state index in [4.69, 9.17) is 0 Å². The standard InChI is InChI=1S/C19H25F3N2O/c20-19(21,22)17-8-4-5-15(13-17)14-23-9-11-24(12-10-23)18(25)16-6-2-1-3-7-16/h4-5,8,13,16H,1-3,6-7,9-12,14H2. The van der Waals surface area contributed by atoms with Gasteiger partial charge in [0.05, 0.1) is 5.56 Å². The topological polar surface area (TPSA) is 23.6 Å². The molecule has 0 N–H and O–H groups in total. The zero-order valence-corrected chi connectivity index (χ0v) is 14.4. The lowest BCUT2D eigenvalue weighted by Crippen LogP contribution is -2.50. The molecule has 0 aromatic heterocycles. The van der Waals surface area contributed by atoms with Crippen molar-refractivity contribution in [1.29, 1.82) is 0 Å². The summed E-state index contributed by atoms with van der Waals surface area (Å²) in [7, 11) is 0. The first-order chi connectivity index (χ1) is 11.9. The molecular formula is C19H25F3N2O. The molecule has 1 saturated carbocycles. The van der Waals surface area contributed by atoms with Gasteiger partial charge in [0.1, 0.15) is 0 Å². The van der Waals surface area contributed by atoms with Crippen LogP contribution in [-0.2, 0) is 17.5 Å². The quantitative estimate of drug-likeness (QED) is 0.821. The highest BCUT2D eigenvalue weighted by molar-refractivity contribution is 5.79. The molecular weight excluding hydrogens is 329 g/mol. The summed E-state index contributed by atoms with van der Waals surface area (Å²) in [5, 5.41) is 0. The molecule has 3 rings (SSSR count). The van der Waals surface area contributed by atoms with Crippen molar-refractivity contribution in [2.24, 2.45) is 5.92 Å². The monoisotopic (exact) mass is 354 g/mol. The maximum Gasteiger partial charge on any atom is 0.416 e. The third kappa shape index (κ3) is 4.75. The number of alkyl halides is 3. The SMILES string of the molecule is O=C(C1CCCCC1)N1CCN(Cc2cccc(C(F)(F)F)c2)CC1. The summed E-state index contributed by atoms with van der Waals surface area (Å²) in [6.45, 7) is 3.28. The van der Waals surface area contributed by atoms with E-state index in [-0.39, 0.29) is 11.8 Å². The summed E-state index contributed by atoms with van der Waals surface area (Å²) in [5.74, 6) is 0.460. The van der Waals surface area contributed by atoms with Crippen LogP contribution in [0.2, 0.25) is 0 Å². The highest BCUT2D eigenvalue weighted by Gasteiger charge is 2.31. The molecule has 2 aliphatic rings. The van der Waals surface area contributed by atoms with Crippen LogP contribution in [-0.4, -0.2) is 41.9 Å². The predicted molar refractivity (Wildman–Crippen MR) is 89.9 cm³/mol. The number of hydrogen-bond acceptors (Lipinski definition) is 2. The maximum absolute atomic E-state index is 12.8. The zero-order valence-electron chi connectivity index (χ0n) is 14.4. The van der Waals surface area contributed by atoms with E-state index in [1.807, 2.05) is 4.90 Å². The second kappa shape index (κ2) is 7.77. The Labute approximate surface area is 146 Å². The lowest BCUT2D eigenvalue weighted by molar-refractivity contribution is -0.139. The normalized spacial score (nSPS) is 20.7. The molecule has 1 amide bonds. The van der Waals surface area contributed by atoms with Crippen molar-refractivity contribution in [2.45, 2.75) is 44.8 Å². The van der Waals surface area contributed by atoms with E-state index in [0.717, 1.165) is 31.7 Å². The number of carbonyl (C=O) groups excluding carboxylic acids is 1. The highest BCUT2D eigenvalue weighted by Crippen LogP contribution is 2.30. The first-order valence-corrected chi connectivity index (χ1v) is 9.11. The molecule has 0 unspecified atom stereocenters. The van der Waals surface area contributed by atoms with Gasteiger partial charge in [0.15, 0.2) is 0 Å². The number of rotatable bonds is 3. The van der Waals surface area contributed by atoms with Crippen molar-refractivity contribution in [2.75, 3.05) is 26.2 Å². The molecule has 0 radical (unpaired) electrons. The molecule has 1 aromatic rings. The van der Waals surface area contributed by atoms with Gasteiger partial charge in [0.25, 0.3) is 0 Å². The lowest BCUT2D eigenvalue weighted by atomic mass is 9.88. The Hall–Kier alpha value is -1.56. The number of piperazine rings is 1. The molecule has 1 saturated heterocycles. The fourth-order valence-corrected chi connectivity index (χ4v) is 3.84. The zero-order chi connectivity index (χ0) is 17.9. The van der Waals surface area contributed by atoms with Crippen molar-refractivity contribution in [3.8, 4) is 0 Å². The molecule has 3 nitrogen and oxygen atoms in total. The van der Waals surface area contributed by atoms with Crippen LogP contribution in [0.4, 0.5) is 13.2 Å². The van der Waals surface area contributed by atoms with Crippen LogP contribution in [0.25, 0.3) is 0 Å². The first kappa shape index (κ1) is 18.2. The molecule has 1 heterocycles. The number of benzene rings is 1. The minimum Gasteiger partial charge on any atom is -0.340 e. The van der Waals surface area contributed by atoms with Gasteiger partial charge in [-0.2, -0.15) is 13.2 Å². The molecule has 2 fully saturated rings. The fraction of sp³-hybridized carbons (Fsp3) is 0.632. The van der Waals surface area contributed by atoms with Gasteiger partial charge in [-0.15, -0.1) is 0 Å². The van der Waals surface area contributed by atoms with Crippen molar-refractivity contribution in [3.05, 3.63) is 35.4 Å². The minimum absolute atomic E-state index is 0.184. The molecule has 0 bridgehead atoms. The van der Waals surface area contributed by atoms with Gasteiger partial charge >= 0.3 is 6.18 Å². The Morgan fingerprint density at radius 2 is 1.72 bits per heavy atom. The summed E-state index contributed by atoms with van der Waals surface area (Å²) < 4.78 is 38.4. The van der Waals surface area contributed by atoms with E-state index in [0.29, 0.717) is 38.3 Å². The van der Waals surface area contributed by atoms with Gasteiger partial charge in [0, 0.05) is 38.6 Å². The average Bonchev–Trinajstić information content (AvgIpc) is 2.62. The van der Waals surface area contributed by atoms with Crippen LogP contribution >= 0.6 is 0 Å². The van der Waals surface area contributed by atoms with Gasteiger partial charge in [0.2, 0.25) is 5.91 Å². The summed E-state index contributed by atoms with van der Waals surface area (Å²) in [4.78, 5) is 16.6. The summed E-state index contributed by atoms with van der Waals surface area (Å²) in [6, 6.07) is 5.51. The van der Waals surface area contributed by atoms with Crippen LogP contribution in [0.5, 0.6) is 0 Å². The third-order valence-electron chi connectivity index (χ3n) is 5.30. The minimum atomic E-state index is -4.30. The Kier molecular flexibility index (Phi) is 5.67. The van der Waals surface area contributed by atoms with Crippen LogP contribution in [0.1, 0.15) is 43.2 Å². The predicted octanol–water partition coefficient (Wildman–Crippen LogP) is 3.93. The van der Waals surface area contributed by atoms with Gasteiger partial charge < -0.3 is 4.90 Å². The lowest BCUT2D eigenvalue weighted by Gasteiger charge is -2.37. The number of hydrogen-bond donors (Lipinski definition) is 0. The van der Waals surface area contributed by atoms with Crippen molar-refractivity contribution < 1.29 is 18.0 Å². The van der Waals surface area contributed by atoms with Crippen LogP contribution < -0.4 is 0 Å². The van der Waals surface area contributed by atoms with Crippen LogP contribution in [0.3, 0.4) is 0 Å². The summed E-state index contributed by atoms with van der Waals surface area (Å²) in [5.41, 5.74) is 0.0676. The Balaban J connectivity index is 1.52. The molecule has 6 heteroatoms. The van der Waals surface area contributed by atoms with E-state index in [9.17, 15) is 18.0 Å². The van der Waals surface area contributed by atoms with Gasteiger partial charge in [-0.25, -0.2) is 0 Å². The third-order valence-corrected chi connectivity index (χ3v) is 5.30. The van der Waals surface area contributed by atoms with E-state index < -0.39 is 11.7 Å². The fourth-order valence-electron chi connectivity index (χ4n) is 3.84. The number of nitrogens with zero attached hydrogens (tertiary/aromatic N) is 2. The second-order valence-electron chi connectivity index (χ2n) is 7.13. The van der Waals surface area contributed by atoms with E-state index >= 15 is 0 Å². The number of amides is 1. The molecule has 138 valence electrons. The average molecular weight is 354 g/mol. The van der Waals surface area contributed by atoms with E-state index in [2.05, 4.69) is 4.90 Å². The molecule has 1 aliphatic carbocycles. The van der Waals surface area contributed by atoms with E-state index in [1.54, 1.807) is 6.07 Å². The first-order valence-electron chi connectivity index (χ1n) is 9.11. The molecule has 0 atom stereocenters. The molecule has 25 heavy (non-hydrogen) atoms. The second-order valence-corrected chi connectivity index (χ2v) is 7.13. The Morgan fingerprint density at radius 3 is 2.36 bits per heavy atom. The van der Waals surface area contributed by atoms with Gasteiger partial charge in [-0.05, 0) is 24.5 Å². The summed E-state index contributed by atoms with van der Waals surface area (Å²) >= 11 is 0. The largest absolute Gasteiger partial charge is 0.416 e. The molecule has 1 aliphatic heterocycles. The number of carbonyl (C=O) groups is 1. The smallest absolute Gasteiger partial charge is 0.340 e. The highest BCUT2D eigenvalue weighted by atomic mass is 19.4. The maximum atomic E-state index is 12.8. The van der Waals surface area contributed by atoms with Crippen LogP contribution in [0, 0.1) is 5.92 Å². The van der Waals surface area contributed by atoms with Crippen molar-refractivity contribution in [3.63, 3.8) is 0 Å².